The van der Waals surface area contributed by atoms with Crippen LogP contribution < -0.4 is 5.73 Å². The predicted octanol–water partition coefficient (Wildman–Crippen LogP) is 3.34. The van der Waals surface area contributed by atoms with Crippen molar-refractivity contribution < 1.29 is 0 Å². The summed E-state index contributed by atoms with van der Waals surface area (Å²) >= 11 is 1.75. The summed E-state index contributed by atoms with van der Waals surface area (Å²) in [7, 11) is 0. The van der Waals surface area contributed by atoms with Gasteiger partial charge >= 0.3 is 0 Å². The lowest BCUT2D eigenvalue weighted by atomic mass is 10.1. The highest BCUT2D eigenvalue weighted by molar-refractivity contribution is 7.10. The molecule has 3 nitrogen and oxygen atoms in total. The molecule has 2 aromatic heterocycles. The second-order valence-corrected chi connectivity index (χ2v) is 5.82. The molecule has 0 saturated heterocycles. The van der Waals surface area contributed by atoms with Crippen molar-refractivity contribution in [3.05, 3.63) is 52.5 Å². The highest BCUT2D eigenvalue weighted by Crippen LogP contribution is 2.30. The summed E-state index contributed by atoms with van der Waals surface area (Å²) in [6, 6.07) is 12.6. The second-order valence-electron chi connectivity index (χ2n) is 4.84. The largest absolute Gasteiger partial charge is 0.326 e. The number of aryl methyl sites for hydroxylation is 1. The van der Waals surface area contributed by atoms with Crippen LogP contribution >= 0.6 is 11.3 Å². The Morgan fingerprint density at radius 3 is 2.68 bits per heavy atom. The number of para-hydroxylation sites is 2. The van der Waals surface area contributed by atoms with E-state index < -0.39 is 0 Å². The molecule has 0 aliphatic heterocycles. The first kappa shape index (κ1) is 12.4. The number of benzene rings is 1. The third kappa shape index (κ3) is 2.07. The lowest BCUT2D eigenvalue weighted by Gasteiger charge is -2.23. The first-order valence-corrected chi connectivity index (χ1v) is 7.29. The Labute approximate surface area is 116 Å². The highest BCUT2D eigenvalue weighted by atomic mass is 32.1. The molecule has 0 amide bonds. The van der Waals surface area contributed by atoms with Gasteiger partial charge in [-0.05, 0) is 37.4 Å². The highest BCUT2D eigenvalue weighted by Gasteiger charge is 2.23. The van der Waals surface area contributed by atoms with Crippen LogP contribution in [0.25, 0.3) is 11.0 Å². The molecule has 0 saturated carbocycles. The summed E-state index contributed by atoms with van der Waals surface area (Å²) in [4.78, 5) is 5.92. The zero-order chi connectivity index (χ0) is 13.4. The van der Waals surface area contributed by atoms with Gasteiger partial charge in [0.1, 0.15) is 5.82 Å². The van der Waals surface area contributed by atoms with Crippen LogP contribution in [0.1, 0.15) is 23.7 Å². The molecular weight excluding hydrogens is 254 g/mol. The Bertz CT molecular complexity index is 683. The van der Waals surface area contributed by atoms with Crippen LogP contribution in [-0.2, 0) is 0 Å². The van der Waals surface area contributed by atoms with Crippen LogP contribution in [0.3, 0.4) is 0 Å². The van der Waals surface area contributed by atoms with E-state index >= 15 is 0 Å². The van der Waals surface area contributed by atoms with Crippen LogP contribution in [0.15, 0.2) is 41.8 Å². The SMILES string of the molecule is Cc1nc2ccccc2n1C(c1cccs1)C(C)N. The number of rotatable bonds is 3. The molecule has 1 aromatic carbocycles. The number of nitrogens with two attached hydrogens (primary N) is 1. The molecular formula is C15H17N3S. The molecule has 2 heterocycles. The van der Waals surface area contributed by atoms with Crippen LogP contribution in [0.5, 0.6) is 0 Å². The molecule has 19 heavy (non-hydrogen) atoms. The summed E-state index contributed by atoms with van der Waals surface area (Å²) in [6.07, 6.45) is 0. The van der Waals surface area contributed by atoms with Gasteiger partial charge in [0, 0.05) is 10.9 Å². The van der Waals surface area contributed by atoms with Gasteiger partial charge in [0.25, 0.3) is 0 Å². The van der Waals surface area contributed by atoms with Gasteiger partial charge in [0.2, 0.25) is 0 Å². The van der Waals surface area contributed by atoms with Gasteiger partial charge in [0.15, 0.2) is 0 Å². The summed E-state index contributed by atoms with van der Waals surface area (Å²) in [5.74, 6) is 1.01. The van der Waals surface area contributed by atoms with E-state index in [2.05, 4.69) is 40.1 Å². The fourth-order valence-corrected chi connectivity index (χ4v) is 3.53. The maximum absolute atomic E-state index is 6.24. The normalized spacial score (nSPS) is 14.7. The van der Waals surface area contributed by atoms with E-state index in [1.165, 1.54) is 4.88 Å². The van der Waals surface area contributed by atoms with E-state index in [1.54, 1.807) is 11.3 Å². The molecule has 2 N–H and O–H groups in total. The summed E-state index contributed by atoms with van der Waals surface area (Å²) in [6.45, 7) is 4.10. The van der Waals surface area contributed by atoms with Crippen LogP contribution in [0.4, 0.5) is 0 Å². The van der Waals surface area contributed by atoms with Crippen molar-refractivity contribution in [2.45, 2.75) is 25.9 Å². The van der Waals surface area contributed by atoms with E-state index in [1.807, 2.05) is 25.1 Å². The fraction of sp³-hybridized carbons (Fsp3) is 0.267. The topological polar surface area (TPSA) is 43.8 Å². The summed E-state index contributed by atoms with van der Waals surface area (Å²) < 4.78 is 2.26. The Morgan fingerprint density at radius 2 is 2.00 bits per heavy atom. The molecule has 0 bridgehead atoms. The van der Waals surface area contributed by atoms with Gasteiger partial charge in [0.05, 0.1) is 17.1 Å². The van der Waals surface area contributed by atoms with Crippen molar-refractivity contribution in [2.75, 3.05) is 0 Å². The summed E-state index contributed by atoms with van der Waals surface area (Å²) in [5.41, 5.74) is 8.42. The van der Waals surface area contributed by atoms with Crippen molar-refractivity contribution in [3.8, 4) is 0 Å². The van der Waals surface area contributed by atoms with Gasteiger partial charge < -0.3 is 10.3 Å². The molecule has 0 fully saturated rings. The average Bonchev–Trinajstić information content (AvgIpc) is 2.99. The molecule has 2 unspecified atom stereocenters. The maximum Gasteiger partial charge on any atom is 0.107 e. The van der Waals surface area contributed by atoms with Crippen molar-refractivity contribution in [2.24, 2.45) is 5.73 Å². The molecule has 3 aromatic rings. The van der Waals surface area contributed by atoms with Crippen molar-refractivity contribution >= 4 is 22.4 Å². The minimum Gasteiger partial charge on any atom is -0.326 e. The molecule has 98 valence electrons. The predicted molar refractivity (Wildman–Crippen MR) is 80.6 cm³/mol. The standard InChI is InChI=1S/C15H17N3S/c1-10(16)15(14-8-5-9-19-14)18-11(2)17-12-6-3-4-7-13(12)18/h3-10,15H,16H2,1-2H3. The van der Waals surface area contributed by atoms with Gasteiger partial charge in [-0.1, -0.05) is 18.2 Å². The van der Waals surface area contributed by atoms with E-state index in [0.29, 0.717) is 0 Å². The zero-order valence-electron chi connectivity index (χ0n) is 11.1. The first-order chi connectivity index (χ1) is 9.18. The lowest BCUT2D eigenvalue weighted by molar-refractivity contribution is 0.505. The number of imidazole rings is 1. The summed E-state index contributed by atoms with van der Waals surface area (Å²) in [5, 5.41) is 2.10. The average molecular weight is 271 g/mol. The van der Waals surface area contributed by atoms with Crippen LogP contribution in [0, 0.1) is 6.92 Å². The number of hydrogen-bond donors (Lipinski definition) is 1. The second kappa shape index (κ2) is 4.79. The Morgan fingerprint density at radius 1 is 1.21 bits per heavy atom. The fourth-order valence-electron chi connectivity index (χ4n) is 2.60. The Kier molecular flexibility index (Phi) is 3.12. The minimum absolute atomic E-state index is 0.0370. The minimum atomic E-state index is 0.0370. The third-order valence-corrected chi connectivity index (χ3v) is 4.33. The first-order valence-electron chi connectivity index (χ1n) is 6.41. The maximum atomic E-state index is 6.24. The van der Waals surface area contributed by atoms with E-state index in [-0.39, 0.29) is 12.1 Å². The van der Waals surface area contributed by atoms with Gasteiger partial charge in [-0.25, -0.2) is 4.98 Å². The molecule has 0 radical (unpaired) electrons. The Hall–Kier alpha value is -1.65. The monoisotopic (exact) mass is 271 g/mol. The molecule has 3 rings (SSSR count). The quantitative estimate of drug-likeness (QED) is 0.794. The third-order valence-electron chi connectivity index (χ3n) is 3.38. The van der Waals surface area contributed by atoms with Crippen LogP contribution in [0.2, 0.25) is 0 Å². The van der Waals surface area contributed by atoms with Crippen molar-refractivity contribution in [1.29, 1.82) is 0 Å². The van der Waals surface area contributed by atoms with Gasteiger partial charge in [-0.2, -0.15) is 0 Å². The van der Waals surface area contributed by atoms with Gasteiger partial charge in [-0.3, -0.25) is 0 Å². The molecule has 0 spiro atoms. The lowest BCUT2D eigenvalue weighted by Crippen LogP contribution is -2.30. The zero-order valence-corrected chi connectivity index (χ0v) is 11.9. The smallest absolute Gasteiger partial charge is 0.107 e. The van der Waals surface area contributed by atoms with Crippen molar-refractivity contribution in [1.82, 2.24) is 9.55 Å². The van der Waals surface area contributed by atoms with E-state index in [9.17, 15) is 0 Å². The van der Waals surface area contributed by atoms with E-state index in [4.69, 9.17) is 5.73 Å². The molecule has 0 aliphatic rings. The van der Waals surface area contributed by atoms with E-state index in [0.717, 1.165) is 16.9 Å². The van der Waals surface area contributed by atoms with Gasteiger partial charge in [-0.15, -0.1) is 11.3 Å². The van der Waals surface area contributed by atoms with Crippen LogP contribution in [-0.4, -0.2) is 15.6 Å². The molecule has 2 atom stereocenters. The number of fused-ring (bicyclic) bond motifs is 1. The number of thiophene rings is 1. The van der Waals surface area contributed by atoms with Crippen molar-refractivity contribution in [3.63, 3.8) is 0 Å². The Balaban J connectivity index is 2.23. The molecule has 0 aliphatic carbocycles. The number of aromatic nitrogens is 2. The number of nitrogens with zero attached hydrogens (tertiary/aromatic N) is 2. The molecule has 4 heteroatoms. The number of hydrogen-bond acceptors (Lipinski definition) is 3.